The van der Waals surface area contributed by atoms with Gasteiger partial charge in [-0.2, -0.15) is 0 Å². The summed E-state index contributed by atoms with van der Waals surface area (Å²) in [5.74, 6) is -0.923. The fourth-order valence-corrected chi connectivity index (χ4v) is 1.52. The van der Waals surface area contributed by atoms with Crippen LogP contribution in [0.2, 0.25) is 0 Å². The van der Waals surface area contributed by atoms with Crippen molar-refractivity contribution in [3.8, 4) is 0 Å². The maximum absolute atomic E-state index is 10.7. The lowest BCUT2D eigenvalue weighted by Crippen LogP contribution is -2.25. The van der Waals surface area contributed by atoms with Crippen molar-refractivity contribution in [2.24, 2.45) is 0 Å². The molecule has 2 N–H and O–H groups in total. The molecular formula is C5H10BrNO4S. The first-order chi connectivity index (χ1) is 5.48. The van der Waals surface area contributed by atoms with Crippen molar-refractivity contribution < 1.29 is 18.3 Å². The topological polar surface area (TPSA) is 83.5 Å². The van der Waals surface area contributed by atoms with Crippen molar-refractivity contribution >= 4 is 31.9 Å². The summed E-state index contributed by atoms with van der Waals surface area (Å²) in [5, 5.41) is 8.21. The number of carboxylic acid groups (broad SMARTS) is 1. The predicted octanol–water partition coefficient (Wildman–Crippen LogP) is 0.123. The maximum atomic E-state index is 10.7. The Morgan fingerprint density at radius 2 is 2.08 bits per heavy atom. The summed E-state index contributed by atoms with van der Waals surface area (Å²) in [6.45, 7) is 0.167. The summed E-state index contributed by atoms with van der Waals surface area (Å²) < 4.78 is 23.5. The van der Waals surface area contributed by atoms with Crippen LogP contribution in [0.5, 0.6) is 0 Å². The number of nitrogens with one attached hydrogen (secondary N) is 1. The van der Waals surface area contributed by atoms with Crippen LogP contribution in [0.1, 0.15) is 12.8 Å². The summed E-state index contributed by atoms with van der Waals surface area (Å²) in [7, 11) is -3.24. The van der Waals surface area contributed by atoms with E-state index in [-0.39, 0.29) is 17.6 Å². The molecule has 0 saturated carbocycles. The molecule has 0 amide bonds. The molecule has 0 saturated heterocycles. The van der Waals surface area contributed by atoms with Crippen molar-refractivity contribution in [1.82, 2.24) is 4.72 Å². The van der Waals surface area contributed by atoms with Gasteiger partial charge < -0.3 is 5.11 Å². The summed E-state index contributed by atoms with van der Waals surface area (Å²) in [5.41, 5.74) is 0. The Kier molecular flexibility index (Phi) is 5.43. The van der Waals surface area contributed by atoms with E-state index in [9.17, 15) is 13.2 Å². The van der Waals surface area contributed by atoms with Crippen LogP contribution in [0, 0.1) is 0 Å². The summed E-state index contributed by atoms with van der Waals surface area (Å²) in [4.78, 5) is 10.0. The van der Waals surface area contributed by atoms with Gasteiger partial charge in [0.15, 0.2) is 0 Å². The van der Waals surface area contributed by atoms with Gasteiger partial charge in [-0.3, -0.25) is 4.79 Å². The minimum absolute atomic E-state index is 0.0230. The number of rotatable bonds is 6. The smallest absolute Gasteiger partial charge is 0.303 e. The van der Waals surface area contributed by atoms with E-state index in [2.05, 4.69) is 20.7 Å². The van der Waals surface area contributed by atoms with Crippen LogP contribution in [-0.2, 0) is 14.8 Å². The molecule has 0 bridgehead atoms. The van der Waals surface area contributed by atoms with Crippen LogP contribution >= 0.6 is 15.9 Å². The lowest BCUT2D eigenvalue weighted by molar-refractivity contribution is -0.137. The monoisotopic (exact) mass is 259 g/mol. The Balaban J connectivity index is 3.51. The van der Waals surface area contributed by atoms with Gasteiger partial charge in [-0.15, -0.1) is 0 Å². The standard InChI is InChI=1S/C5H10BrNO4S/c6-4-12(10,11)7-3-1-2-5(8)9/h7H,1-4H2,(H,8,9). The van der Waals surface area contributed by atoms with E-state index in [1.165, 1.54) is 0 Å². The molecule has 0 unspecified atom stereocenters. The highest BCUT2D eigenvalue weighted by atomic mass is 79.9. The molecule has 12 heavy (non-hydrogen) atoms. The molecular weight excluding hydrogens is 250 g/mol. The third-order valence-electron chi connectivity index (χ3n) is 1.03. The first-order valence-corrected chi connectivity index (χ1v) is 6.00. The molecule has 0 heterocycles. The van der Waals surface area contributed by atoms with E-state index >= 15 is 0 Å². The van der Waals surface area contributed by atoms with Gasteiger partial charge in [-0.05, 0) is 6.42 Å². The molecule has 0 radical (unpaired) electrons. The molecule has 0 aromatic carbocycles. The van der Waals surface area contributed by atoms with E-state index in [0.29, 0.717) is 6.42 Å². The number of aliphatic carboxylic acids is 1. The average molecular weight is 260 g/mol. The van der Waals surface area contributed by atoms with E-state index in [0.717, 1.165) is 0 Å². The number of alkyl halides is 1. The third kappa shape index (κ3) is 6.56. The van der Waals surface area contributed by atoms with Crippen LogP contribution in [0.3, 0.4) is 0 Å². The molecule has 7 heteroatoms. The number of sulfonamides is 1. The SMILES string of the molecule is O=C(O)CCCNS(=O)(=O)CBr. The predicted molar refractivity (Wildman–Crippen MR) is 47.6 cm³/mol. The Morgan fingerprint density at radius 1 is 1.50 bits per heavy atom. The molecule has 0 aliphatic rings. The van der Waals surface area contributed by atoms with Gasteiger partial charge in [0.2, 0.25) is 10.0 Å². The zero-order valence-corrected chi connectivity index (χ0v) is 8.69. The van der Waals surface area contributed by atoms with Gasteiger partial charge in [-0.1, -0.05) is 15.9 Å². The Hall–Kier alpha value is -0.140. The lowest BCUT2D eigenvalue weighted by Gasteiger charge is -2.00. The number of halogens is 1. The van der Waals surface area contributed by atoms with E-state index in [4.69, 9.17) is 5.11 Å². The molecule has 0 fully saturated rings. The minimum atomic E-state index is -3.24. The zero-order valence-electron chi connectivity index (χ0n) is 6.29. The number of carbonyl (C=O) groups is 1. The van der Waals surface area contributed by atoms with Gasteiger partial charge in [0.1, 0.15) is 4.66 Å². The Labute approximate surface area is 79.3 Å². The normalized spacial score (nSPS) is 11.4. The summed E-state index contributed by atoms with van der Waals surface area (Å²) >= 11 is 2.79. The second-order valence-electron chi connectivity index (χ2n) is 2.12. The van der Waals surface area contributed by atoms with E-state index in [1.54, 1.807) is 0 Å². The molecule has 0 aliphatic carbocycles. The fraction of sp³-hybridized carbons (Fsp3) is 0.800. The second kappa shape index (κ2) is 5.50. The minimum Gasteiger partial charge on any atom is -0.481 e. The van der Waals surface area contributed by atoms with Crippen molar-refractivity contribution in [3.63, 3.8) is 0 Å². The Morgan fingerprint density at radius 3 is 2.50 bits per heavy atom. The van der Waals surface area contributed by atoms with Crippen molar-refractivity contribution in [2.75, 3.05) is 11.2 Å². The molecule has 0 aromatic heterocycles. The molecule has 72 valence electrons. The first kappa shape index (κ1) is 11.9. The molecule has 0 rings (SSSR count). The number of hydrogen-bond acceptors (Lipinski definition) is 3. The molecule has 5 nitrogen and oxygen atoms in total. The maximum Gasteiger partial charge on any atom is 0.303 e. The van der Waals surface area contributed by atoms with Crippen LogP contribution in [0.25, 0.3) is 0 Å². The lowest BCUT2D eigenvalue weighted by atomic mass is 10.3. The molecule has 0 spiro atoms. The second-order valence-corrected chi connectivity index (χ2v) is 5.23. The van der Waals surface area contributed by atoms with Gasteiger partial charge in [0.25, 0.3) is 0 Å². The highest BCUT2D eigenvalue weighted by Crippen LogP contribution is 1.92. The largest absolute Gasteiger partial charge is 0.481 e. The zero-order chi connectivity index (χ0) is 9.61. The quantitative estimate of drug-likeness (QED) is 0.525. The number of hydrogen-bond donors (Lipinski definition) is 2. The van der Waals surface area contributed by atoms with E-state index < -0.39 is 16.0 Å². The summed E-state index contributed by atoms with van der Waals surface area (Å²) in [6.07, 6.45) is 0.284. The van der Waals surface area contributed by atoms with Crippen molar-refractivity contribution in [2.45, 2.75) is 12.8 Å². The molecule has 0 aromatic rings. The van der Waals surface area contributed by atoms with Gasteiger partial charge in [0, 0.05) is 13.0 Å². The number of carboxylic acids is 1. The molecule has 0 aliphatic heterocycles. The van der Waals surface area contributed by atoms with E-state index in [1.807, 2.05) is 0 Å². The van der Waals surface area contributed by atoms with Crippen LogP contribution < -0.4 is 4.72 Å². The van der Waals surface area contributed by atoms with Crippen LogP contribution in [0.4, 0.5) is 0 Å². The highest BCUT2D eigenvalue weighted by molar-refractivity contribution is 9.10. The van der Waals surface area contributed by atoms with Gasteiger partial charge in [0.05, 0.1) is 0 Å². The first-order valence-electron chi connectivity index (χ1n) is 3.23. The van der Waals surface area contributed by atoms with Gasteiger partial charge >= 0.3 is 5.97 Å². The fourth-order valence-electron chi connectivity index (χ4n) is 0.506. The Bertz CT molecular complexity index is 238. The van der Waals surface area contributed by atoms with Crippen LogP contribution in [-0.4, -0.2) is 30.7 Å². The third-order valence-corrected chi connectivity index (χ3v) is 3.77. The molecule has 0 atom stereocenters. The van der Waals surface area contributed by atoms with Gasteiger partial charge in [-0.25, -0.2) is 13.1 Å². The van der Waals surface area contributed by atoms with Crippen molar-refractivity contribution in [3.05, 3.63) is 0 Å². The van der Waals surface area contributed by atoms with Crippen molar-refractivity contribution in [1.29, 1.82) is 0 Å². The summed E-state index contributed by atoms with van der Waals surface area (Å²) in [6, 6.07) is 0. The van der Waals surface area contributed by atoms with Crippen LogP contribution in [0.15, 0.2) is 0 Å². The highest BCUT2D eigenvalue weighted by Gasteiger charge is 2.06. The average Bonchev–Trinajstić information content (AvgIpc) is 1.98.